The largest absolute Gasteiger partial charge is 0.495 e. The Morgan fingerprint density at radius 3 is 2.24 bits per heavy atom. The van der Waals surface area contributed by atoms with E-state index in [0.29, 0.717) is 16.1 Å². The van der Waals surface area contributed by atoms with Crippen molar-refractivity contribution in [2.24, 2.45) is 5.92 Å². The smallest absolute Gasteiger partial charge is 0.391 e. The maximum atomic E-state index is 13.6. The van der Waals surface area contributed by atoms with Crippen LogP contribution in [0.1, 0.15) is 61.6 Å². The van der Waals surface area contributed by atoms with E-state index in [0.717, 1.165) is 17.6 Å². The van der Waals surface area contributed by atoms with Crippen molar-refractivity contribution in [3.05, 3.63) is 86.8 Å². The van der Waals surface area contributed by atoms with E-state index in [-0.39, 0.29) is 28.9 Å². The zero-order valence-electron chi connectivity index (χ0n) is 23.7. The van der Waals surface area contributed by atoms with Gasteiger partial charge in [0.05, 0.1) is 42.5 Å². The SMILES string of the molecule is COc1cn(C(CC(C)C(F)(F)F)C(=O)Cc2ccc(C(=O)OC(C)(C)C)cc2)c(=O)cc1-c1cc(Cl)ccc1C#N. The van der Waals surface area contributed by atoms with Crippen molar-refractivity contribution >= 4 is 23.4 Å². The number of Topliss-reactive ketones (excluding diaryl/α,β-unsaturated/α-hetero) is 1. The lowest BCUT2D eigenvalue weighted by Crippen LogP contribution is -2.34. The zero-order valence-corrected chi connectivity index (χ0v) is 24.5. The van der Waals surface area contributed by atoms with Crippen molar-refractivity contribution < 1.29 is 32.2 Å². The van der Waals surface area contributed by atoms with Crippen molar-refractivity contribution in [3.8, 4) is 22.9 Å². The number of esters is 1. The average Bonchev–Trinajstić information content (AvgIpc) is 2.90. The Bertz CT molecular complexity index is 1570. The summed E-state index contributed by atoms with van der Waals surface area (Å²) in [7, 11) is 1.30. The van der Waals surface area contributed by atoms with Crippen molar-refractivity contribution in [1.82, 2.24) is 4.57 Å². The Hall–Kier alpha value is -4.10. The van der Waals surface area contributed by atoms with Crippen LogP contribution < -0.4 is 10.3 Å². The van der Waals surface area contributed by atoms with Gasteiger partial charge in [0.2, 0.25) is 0 Å². The molecule has 0 spiro atoms. The summed E-state index contributed by atoms with van der Waals surface area (Å²) < 4.78 is 52.5. The first-order valence-corrected chi connectivity index (χ1v) is 13.3. The summed E-state index contributed by atoms with van der Waals surface area (Å²) in [6.45, 7) is 6.11. The van der Waals surface area contributed by atoms with Gasteiger partial charge in [0.25, 0.3) is 5.56 Å². The number of pyridine rings is 1. The number of benzene rings is 2. The van der Waals surface area contributed by atoms with Crippen LogP contribution in [-0.4, -0.2) is 35.2 Å². The molecule has 0 aliphatic rings. The predicted octanol–water partition coefficient (Wildman–Crippen LogP) is 6.95. The van der Waals surface area contributed by atoms with Crippen molar-refractivity contribution in [2.45, 2.75) is 58.4 Å². The van der Waals surface area contributed by atoms with E-state index < -0.39 is 47.5 Å². The molecule has 7 nitrogen and oxygen atoms in total. The molecule has 0 saturated heterocycles. The molecule has 0 aliphatic carbocycles. The number of hydrogen-bond acceptors (Lipinski definition) is 6. The number of rotatable bonds is 9. The highest BCUT2D eigenvalue weighted by molar-refractivity contribution is 6.31. The molecule has 2 unspecified atom stereocenters. The summed E-state index contributed by atoms with van der Waals surface area (Å²) >= 11 is 6.10. The third-order valence-electron chi connectivity index (χ3n) is 6.47. The Labute approximate surface area is 246 Å². The van der Waals surface area contributed by atoms with Crippen LogP contribution in [0.25, 0.3) is 11.1 Å². The number of ether oxygens (including phenoxy) is 2. The normalized spacial score (nSPS) is 13.1. The van der Waals surface area contributed by atoms with Gasteiger partial charge in [-0.25, -0.2) is 4.79 Å². The molecule has 3 rings (SSSR count). The van der Waals surface area contributed by atoms with Crippen LogP contribution in [0.4, 0.5) is 13.2 Å². The maximum Gasteiger partial charge on any atom is 0.391 e. The van der Waals surface area contributed by atoms with Gasteiger partial charge in [-0.15, -0.1) is 0 Å². The van der Waals surface area contributed by atoms with Gasteiger partial charge in [0, 0.05) is 28.6 Å². The maximum absolute atomic E-state index is 13.6. The highest BCUT2D eigenvalue weighted by atomic mass is 35.5. The lowest BCUT2D eigenvalue weighted by atomic mass is 9.93. The third kappa shape index (κ3) is 8.01. The predicted molar refractivity (Wildman–Crippen MR) is 152 cm³/mol. The minimum atomic E-state index is -4.61. The van der Waals surface area contributed by atoms with Crippen LogP contribution in [0.2, 0.25) is 5.02 Å². The molecule has 1 heterocycles. The molecule has 3 aromatic rings. The fraction of sp³-hybridized carbons (Fsp3) is 0.355. The molecule has 0 fully saturated rings. The Balaban J connectivity index is 2.02. The van der Waals surface area contributed by atoms with Gasteiger partial charge >= 0.3 is 12.1 Å². The zero-order chi connectivity index (χ0) is 31.4. The number of aromatic nitrogens is 1. The number of nitriles is 1. The third-order valence-corrected chi connectivity index (χ3v) is 6.70. The number of hydrogen-bond donors (Lipinski definition) is 0. The van der Waals surface area contributed by atoms with Crippen molar-refractivity contribution in [3.63, 3.8) is 0 Å². The fourth-order valence-corrected chi connectivity index (χ4v) is 4.44. The summed E-state index contributed by atoms with van der Waals surface area (Å²) in [6, 6.07) is 12.0. The highest BCUT2D eigenvalue weighted by Crippen LogP contribution is 2.36. The molecule has 0 amide bonds. The molecule has 0 N–H and O–H groups in total. The summed E-state index contributed by atoms with van der Waals surface area (Å²) in [5, 5.41) is 9.83. The van der Waals surface area contributed by atoms with E-state index in [1.165, 1.54) is 55.8 Å². The highest BCUT2D eigenvalue weighted by Gasteiger charge is 2.39. The van der Waals surface area contributed by atoms with Crippen LogP contribution in [-0.2, 0) is 16.0 Å². The summed E-state index contributed by atoms with van der Waals surface area (Å²) in [5.74, 6) is -3.05. The first kappa shape index (κ1) is 32.4. The monoisotopic (exact) mass is 602 g/mol. The number of carbonyl (C=O) groups is 2. The van der Waals surface area contributed by atoms with Crippen LogP contribution in [0.3, 0.4) is 0 Å². The molecule has 0 saturated carbocycles. The molecule has 2 atom stereocenters. The quantitative estimate of drug-likeness (QED) is 0.246. The first-order valence-electron chi connectivity index (χ1n) is 13.0. The van der Waals surface area contributed by atoms with E-state index in [1.807, 2.05) is 6.07 Å². The molecule has 11 heteroatoms. The molecule has 0 radical (unpaired) electrons. The summed E-state index contributed by atoms with van der Waals surface area (Å²) in [6.07, 6.45) is -4.42. The van der Waals surface area contributed by atoms with Crippen molar-refractivity contribution in [1.29, 1.82) is 5.26 Å². The Kier molecular flexibility index (Phi) is 9.90. The van der Waals surface area contributed by atoms with Gasteiger partial charge in [-0.2, -0.15) is 18.4 Å². The number of carbonyl (C=O) groups excluding carboxylic acids is 2. The lowest BCUT2D eigenvalue weighted by Gasteiger charge is -2.25. The summed E-state index contributed by atoms with van der Waals surface area (Å²) in [5.41, 5.74) is -0.0937. The van der Waals surface area contributed by atoms with Crippen LogP contribution in [0.15, 0.2) is 59.5 Å². The van der Waals surface area contributed by atoms with E-state index in [9.17, 15) is 32.8 Å². The molecule has 0 bridgehead atoms. The van der Waals surface area contributed by atoms with Gasteiger partial charge in [0.1, 0.15) is 11.4 Å². The second kappa shape index (κ2) is 12.8. The molecule has 42 heavy (non-hydrogen) atoms. The number of halogens is 4. The van der Waals surface area contributed by atoms with E-state index >= 15 is 0 Å². The number of alkyl halides is 3. The molecule has 1 aromatic heterocycles. The minimum Gasteiger partial charge on any atom is -0.495 e. The number of nitrogens with zero attached hydrogens (tertiary/aromatic N) is 2. The minimum absolute atomic E-state index is 0.0625. The van der Waals surface area contributed by atoms with Crippen LogP contribution in [0.5, 0.6) is 5.75 Å². The average molecular weight is 603 g/mol. The van der Waals surface area contributed by atoms with E-state index in [2.05, 4.69) is 0 Å². The Morgan fingerprint density at radius 2 is 1.69 bits per heavy atom. The fourth-order valence-electron chi connectivity index (χ4n) is 4.27. The van der Waals surface area contributed by atoms with Gasteiger partial charge < -0.3 is 14.0 Å². The topological polar surface area (TPSA) is 98.4 Å². The van der Waals surface area contributed by atoms with Gasteiger partial charge in [-0.3, -0.25) is 9.59 Å². The molecule has 0 aliphatic heterocycles. The second-order valence-corrected chi connectivity index (χ2v) is 11.3. The summed E-state index contributed by atoms with van der Waals surface area (Å²) in [4.78, 5) is 39.2. The lowest BCUT2D eigenvalue weighted by molar-refractivity contribution is -0.174. The van der Waals surface area contributed by atoms with E-state index in [1.54, 1.807) is 20.8 Å². The van der Waals surface area contributed by atoms with Crippen molar-refractivity contribution in [2.75, 3.05) is 7.11 Å². The van der Waals surface area contributed by atoms with Crippen LogP contribution >= 0.6 is 11.6 Å². The molecule has 222 valence electrons. The molecular weight excluding hydrogens is 573 g/mol. The van der Waals surface area contributed by atoms with E-state index in [4.69, 9.17) is 21.1 Å². The standard InChI is InChI=1S/C31H30ClF3N2O5/c1-18(31(33,34)35)12-25(26(38)13-19-6-8-20(9-7-19)29(40)42-30(2,3)4)37-17-27(41-5)24(15-28(37)39)23-14-22(32)11-10-21(23)16-36/h6-11,14-15,17-18,25H,12-13H2,1-5H3. The van der Waals surface area contributed by atoms with Gasteiger partial charge in [-0.05, 0) is 63.1 Å². The molecule has 2 aromatic carbocycles. The van der Waals surface area contributed by atoms with Gasteiger partial charge in [0.15, 0.2) is 5.78 Å². The number of methoxy groups -OCH3 is 1. The van der Waals surface area contributed by atoms with Crippen LogP contribution in [0, 0.1) is 17.2 Å². The first-order chi connectivity index (χ1) is 19.5. The Morgan fingerprint density at radius 1 is 1.05 bits per heavy atom. The molecular formula is C31H30ClF3N2O5. The second-order valence-electron chi connectivity index (χ2n) is 10.8. The number of ketones is 1. The van der Waals surface area contributed by atoms with Gasteiger partial charge in [-0.1, -0.05) is 30.7 Å².